The van der Waals surface area contributed by atoms with Gasteiger partial charge in [-0.25, -0.2) is 4.39 Å². The Balaban J connectivity index is 0.00000306. The highest BCUT2D eigenvalue weighted by Gasteiger charge is 2.29. The predicted molar refractivity (Wildman–Crippen MR) is 140 cm³/mol. The van der Waals surface area contributed by atoms with Gasteiger partial charge in [-0.15, -0.1) is 24.0 Å². The third-order valence-electron chi connectivity index (χ3n) is 6.30. The van der Waals surface area contributed by atoms with Gasteiger partial charge in [-0.05, 0) is 29.7 Å². The molecule has 6 nitrogen and oxygen atoms in total. The van der Waals surface area contributed by atoms with Gasteiger partial charge in [-0.2, -0.15) is 0 Å². The fourth-order valence-electron chi connectivity index (χ4n) is 4.53. The van der Waals surface area contributed by atoms with Gasteiger partial charge in [0.15, 0.2) is 5.96 Å². The molecule has 2 saturated heterocycles. The lowest BCUT2D eigenvalue weighted by atomic mass is 9.95. The molecule has 0 radical (unpaired) electrons. The number of benzene rings is 2. The molecule has 0 aromatic heterocycles. The smallest absolute Gasteiger partial charge is 0.191 e. The third-order valence-corrected chi connectivity index (χ3v) is 6.30. The molecule has 2 aliphatic rings. The number of nitrogens with one attached hydrogen (secondary N) is 2. The number of rotatable bonds is 7. The number of nitrogens with zero attached hydrogens (tertiary/aromatic N) is 2. The van der Waals surface area contributed by atoms with Crippen molar-refractivity contribution in [3.05, 3.63) is 71.5 Å². The second kappa shape index (κ2) is 13.2. The number of ether oxygens (including phenoxy) is 2. The number of guanidine groups is 1. The summed E-state index contributed by atoms with van der Waals surface area (Å²) in [4.78, 5) is 6.80. The van der Waals surface area contributed by atoms with Crippen molar-refractivity contribution < 1.29 is 13.9 Å². The lowest BCUT2D eigenvalue weighted by molar-refractivity contribution is 0.0170. The maximum Gasteiger partial charge on any atom is 0.191 e. The first-order valence-corrected chi connectivity index (χ1v) is 11.4. The molecule has 0 saturated carbocycles. The van der Waals surface area contributed by atoms with Gasteiger partial charge in [0, 0.05) is 45.8 Å². The molecular weight excluding hydrogens is 534 g/mol. The zero-order chi connectivity index (χ0) is 22.2. The zero-order valence-corrected chi connectivity index (χ0v) is 21.4. The van der Waals surface area contributed by atoms with Crippen LogP contribution in [0.5, 0.6) is 0 Å². The number of hydrogen-bond donors (Lipinski definition) is 2. The molecule has 0 amide bonds. The van der Waals surface area contributed by atoms with Gasteiger partial charge in [0.1, 0.15) is 5.82 Å². The second-order valence-corrected chi connectivity index (χ2v) is 8.30. The molecule has 2 heterocycles. The molecule has 4 rings (SSSR count). The highest BCUT2D eigenvalue weighted by Crippen LogP contribution is 2.33. The first-order chi connectivity index (χ1) is 15.7. The largest absolute Gasteiger partial charge is 0.379 e. The average molecular weight is 568 g/mol. The molecule has 2 aromatic carbocycles. The number of halogens is 2. The van der Waals surface area contributed by atoms with E-state index < -0.39 is 0 Å². The average Bonchev–Trinajstić information content (AvgIpc) is 3.32. The van der Waals surface area contributed by atoms with E-state index in [0.717, 1.165) is 44.2 Å². The van der Waals surface area contributed by atoms with Gasteiger partial charge in [-0.1, -0.05) is 42.5 Å². The molecule has 180 valence electrons. The number of hydrogen-bond acceptors (Lipinski definition) is 4. The summed E-state index contributed by atoms with van der Waals surface area (Å²) >= 11 is 0. The molecule has 2 aromatic rings. The van der Waals surface area contributed by atoms with Gasteiger partial charge >= 0.3 is 0 Å². The van der Waals surface area contributed by atoms with Crippen LogP contribution in [0.15, 0.2) is 59.6 Å². The molecule has 3 atom stereocenters. The van der Waals surface area contributed by atoms with Gasteiger partial charge in [0.05, 0.1) is 25.4 Å². The van der Waals surface area contributed by atoms with E-state index in [0.29, 0.717) is 25.7 Å². The highest BCUT2D eigenvalue weighted by molar-refractivity contribution is 14.0. The lowest BCUT2D eigenvalue weighted by Crippen LogP contribution is -2.47. The van der Waals surface area contributed by atoms with Crippen molar-refractivity contribution in [2.45, 2.75) is 18.6 Å². The van der Waals surface area contributed by atoms with Crippen LogP contribution in [0.3, 0.4) is 0 Å². The second-order valence-electron chi connectivity index (χ2n) is 8.30. The van der Waals surface area contributed by atoms with E-state index >= 15 is 0 Å². The van der Waals surface area contributed by atoms with Crippen LogP contribution < -0.4 is 10.6 Å². The molecule has 2 fully saturated rings. The Morgan fingerprint density at radius 1 is 1.06 bits per heavy atom. The van der Waals surface area contributed by atoms with E-state index in [1.807, 2.05) is 18.2 Å². The first kappa shape index (κ1) is 25.9. The van der Waals surface area contributed by atoms with Crippen LogP contribution in [0.25, 0.3) is 0 Å². The van der Waals surface area contributed by atoms with Gasteiger partial charge < -0.3 is 20.1 Å². The molecule has 0 bridgehead atoms. The van der Waals surface area contributed by atoms with Crippen molar-refractivity contribution in [2.24, 2.45) is 10.9 Å². The van der Waals surface area contributed by atoms with Gasteiger partial charge in [0.25, 0.3) is 0 Å². The van der Waals surface area contributed by atoms with Crippen LogP contribution in [-0.4, -0.2) is 63.9 Å². The molecule has 0 aliphatic carbocycles. The maximum absolute atomic E-state index is 13.5. The predicted octanol–water partition coefficient (Wildman–Crippen LogP) is 3.76. The summed E-state index contributed by atoms with van der Waals surface area (Å²) < 4.78 is 25.0. The summed E-state index contributed by atoms with van der Waals surface area (Å²) in [6.07, 6.45) is 1.14. The van der Waals surface area contributed by atoms with E-state index in [1.165, 1.54) is 17.7 Å². The monoisotopic (exact) mass is 568 g/mol. The highest BCUT2D eigenvalue weighted by atomic mass is 127. The topological polar surface area (TPSA) is 58.1 Å². The fourth-order valence-corrected chi connectivity index (χ4v) is 4.53. The molecule has 2 N–H and O–H groups in total. The summed E-state index contributed by atoms with van der Waals surface area (Å²) in [6.45, 7) is 5.39. The molecule has 0 spiro atoms. The van der Waals surface area contributed by atoms with Crippen molar-refractivity contribution in [3.8, 4) is 0 Å². The van der Waals surface area contributed by atoms with Crippen molar-refractivity contribution in [3.63, 3.8) is 0 Å². The quantitative estimate of drug-likeness (QED) is 0.303. The molecule has 2 aliphatic heterocycles. The SMILES string of the molecule is CN=C(NCC1CCOC1c1ccccc1)NCC(c1ccc(F)cc1)N1CCOCC1.I. The molecule has 33 heavy (non-hydrogen) atoms. The fraction of sp³-hybridized carbons (Fsp3) is 0.480. The third kappa shape index (κ3) is 7.11. The van der Waals surface area contributed by atoms with Gasteiger partial charge in [-0.3, -0.25) is 9.89 Å². The maximum atomic E-state index is 13.5. The summed E-state index contributed by atoms with van der Waals surface area (Å²) in [5.41, 5.74) is 2.31. The van der Waals surface area contributed by atoms with E-state index in [1.54, 1.807) is 7.05 Å². The van der Waals surface area contributed by atoms with Crippen molar-refractivity contribution in [1.29, 1.82) is 0 Å². The lowest BCUT2D eigenvalue weighted by Gasteiger charge is -2.35. The minimum Gasteiger partial charge on any atom is -0.379 e. The van der Waals surface area contributed by atoms with Crippen molar-refractivity contribution in [2.75, 3.05) is 53.0 Å². The zero-order valence-electron chi connectivity index (χ0n) is 19.1. The normalized spacial score (nSPS) is 22.4. The van der Waals surface area contributed by atoms with E-state index in [9.17, 15) is 4.39 Å². The first-order valence-electron chi connectivity index (χ1n) is 11.4. The Bertz CT molecular complexity index is 862. The molecular formula is C25H34FIN4O2. The Labute approximate surface area is 213 Å². The Hall–Kier alpha value is -1.75. The standard InChI is InChI=1S/C25H33FN4O2.HI/c1-27-25(28-17-21-11-14-32-24(21)20-5-3-2-4-6-20)29-18-23(30-12-15-31-16-13-30)19-7-9-22(26)10-8-19;/h2-10,21,23-24H,11-18H2,1H3,(H2,27,28,29);1H. The minimum atomic E-state index is -0.216. The van der Waals surface area contributed by atoms with Crippen LogP contribution >= 0.6 is 24.0 Å². The summed E-state index contributed by atoms with van der Waals surface area (Å²) in [5.74, 6) is 0.943. The number of aliphatic imine (C=N–C) groups is 1. The Morgan fingerprint density at radius 3 is 2.48 bits per heavy atom. The minimum absolute atomic E-state index is 0. The van der Waals surface area contributed by atoms with Crippen molar-refractivity contribution in [1.82, 2.24) is 15.5 Å². The van der Waals surface area contributed by atoms with Crippen LogP contribution in [-0.2, 0) is 9.47 Å². The van der Waals surface area contributed by atoms with Crippen LogP contribution in [0.2, 0.25) is 0 Å². The van der Waals surface area contributed by atoms with Gasteiger partial charge in [0.2, 0.25) is 0 Å². The van der Waals surface area contributed by atoms with E-state index in [2.05, 4.69) is 44.8 Å². The van der Waals surface area contributed by atoms with Crippen LogP contribution in [0, 0.1) is 11.7 Å². The Kier molecular flexibility index (Phi) is 10.4. The van der Waals surface area contributed by atoms with E-state index in [4.69, 9.17) is 9.47 Å². The summed E-state index contributed by atoms with van der Waals surface area (Å²) in [7, 11) is 1.79. The summed E-state index contributed by atoms with van der Waals surface area (Å²) in [5, 5.41) is 6.97. The number of morpholine rings is 1. The Morgan fingerprint density at radius 2 is 1.79 bits per heavy atom. The summed E-state index contributed by atoms with van der Waals surface area (Å²) in [6, 6.07) is 17.3. The molecule has 8 heteroatoms. The van der Waals surface area contributed by atoms with Crippen molar-refractivity contribution >= 4 is 29.9 Å². The van der Waals surface area contributed by atoms with Crippen LogP contribution in [0.4, 0.5) is 4.39 Å². The van der Waals surface area contributed by atoms with Crippen LogP contribution in [0.1, 0.15) is 29.7 Å². The molecule has 3 unspecified atom stereocenters. The van der Waals surface area contributed by atoms with E-state index in [-0.39, 0.29) is 41.9 Å².